The molecule has 0 spiro atoms. The molecule has 2 unspecified atom stereocenters. The summed E-state index contributed by atoms with van der Waals surface area (Å²) in [5, 5.41) is 0. The molecule has 19 heavy (non-hydrogen) atoms. The number of imidazole rings is 1. The number of alkyl halides is 3. The minimum absolute atomic E-state index is 0.288. The van der Waals surface area contributed by atoms with E-state index in [0.29, 0.717) is 12.2 Å². The first kappa shape index (κ1) is 14.4. The zero-order chi connectivity index (χ0) is 14.2. The third-order valence-electron chi connectivity index (χ3n) is 3.84. The third-order valence-corrected chi connectivity index (χ3v) is 3.84. The van der Waals surface area contributed by atoms with Crippen LogP contribution in [0, 0.1) is 6.92 Å². The molecule has 0 amide bonds. The van der Waals surface area contributed by atoms with E-state index in [9.17, 15) is 13.2 Å². The second-order valence-electron chi connectivity index (χ2n) is 5.19. The van der Waals surface area contributed by atoms with Crippen LogP contribution in [0.3, 0.4) is 0 Å². The van der Waals surface area contributed by atoms with E-state index in [0.717, 1.165) is 30.7 Å². The Morgan fingerprint density at radius 3 is 2.53 bits per heavy atom. The van der Waals surface area contributed by atoms with Crippen LogP contribution in [-0.2, 0) is 12.8 Å². The lowest BCUT2D eigenvalue weighted by molar-refractivity contribution is -0.174. The molecule has 1 aromatic rings. The lowest BCUT2D eigenvalue weighted by atomic mass is 9.99. The molecule has 0 bridgehead atoms. The summed E-state index contributed by atoms with van der Waals surface area (Å²) in [7, 11) is 0. The number of aromatic nitrogens is 2. The van der Waals surface area contributed by atoms with Crippen molar-refractivity contribution in [2.75, 3.05) is 0 Å². The molecule has 0 fully saturated rings. The molecule has 0 aliphatic heterocycles. The molecule has 6 heteroatoms. The normalized spacial score (nSPS) is 19.1. The fourth-order valence-electron chi connectivity index (χ4n) is 2.87. The maximum atomic E-state index is 13.3. The van der Waals surface area contributed by atoms with Gasteiger partial charge in [-0.1, -0.05) is 6.92 Å². The van der Waals surface area contributed by atoms with Crippen LogP contribution >= 0.6 is 0 Å². The van der Waals surface area contributed by atoms with E-state index >= 15 is 0 Å². The largest absolute Gasteiger partial charge is 0.410 e. The van der Waals surface area contributed by atoms with Gasteiger partial charge in [0.1, 0.15) is 11.9 Å². The second kappa shape index (κ2) is 5.15. The lowest BCUT2D eigenvalue weighted by Crippen LogP contribution is -2.42. The molecule has 0 saturated heterocycles. The number of rotatable bonds is 3. The average molecular weight is 275 g/mol. The average Bonchev–Trinajstić information content (AvgIpc) is 2.65. The number of aryl methyl sites for hydroxylation is 2. The molecule has 108 valence electrons. The molecule has 0 radical (unpaired) electrons. The van der Waals surface area contributed by atoms with E-state index in [-0.39, 0.29) is 6.42 Å². The minimum atomic E-state index is -4.34. The molecular formula is C13H20F3N3. The van der Waals surface area contributed by atoms with Crippen molar-refractivity contribution in [3.63, 3.8) is 0 Å². The predicted molar refractivity (Wildman–Crippen MR) is 67.0 cm³/mol. The molecule has 0 saturated carbocycles. The van der Waals surface area contributed by atoms with Gasteiger partial charge in [-0.25, -0.2) is 4.98 Å². The van der Waals surface area contributed by atoms with Crippen molar-refractivity contribution in [1.82, 2.24) is 9.55 Å². The van der Waals surface area contributed by atoms with Gasteiger partial charge in [-0.05, 0) is 39.0 Å². The molecular weight excluding hydrogens is 255 g/mol. The molecule has 1 aliphatic carbocycles. The summed E-state index contributed by atoms with van der Waals surface area (Å²) in [5.41, 5.74) is 7.28. The topological polar surface area (TPSA) is 43.8 Å². The highest BCUT2D eigenvalue weighted by Crippen LogP contribution is 2.37. The Kier molecular flexibility index (Phi) is 3.90. The van der Waals surface area contributed by atoms with Gasteiger partial charge in [-0.3, -0.25) is 0 Å². The van der Waals surface area contributed by atoms with E-state index in [2.05, 4.69) is 4.98 Å². The van der Waals surface area contributed by atoms with Gasteiger partial charge in [0, 0.05) is 11.7 Å². The zero-order valence-electron chi connectivity index (χ0n) is 11.3. The molecule has 1 heterocycles. The third kappa shape index (κ3) is 2.63. The van der Waals surface area contributed by atoms with Crippen LogP contribution in [0.5, 0.6) is 0 Å². The van der Waals surface area contributed by atoms with E-state index in [1.165, 1.54) is 4.57 Å². The van der Waals surface area contributed by atoms with Crippen LogP contribution in [0.15, 0.2) is 0 Å². The smallest absolute Gasteiger partial charge is 0.326 e. The first-order valence-corrected chi connectivity index (χ1v) is 6.75. The summed E-state index contributed by atoms with van der Waals surface area (Å²) >= 11 is 0. The summed E-state index contributed by atoms with van der Waals surface area (Å²) in [6.07, 6.45) is -0.693. The monoisotopic (exact) mass is 275 g/mol. The maximum Gasteiger partial charge on any atom is 0.410 e. The highest BCUT2D eigenvalue weighted by molar-refractivity contribution is 5.22. The van der Waals surface area contributed by atoms with Crippen molar-refractivity contribution < 1.29 is 13.2 Å². The summed E-state index contributed by atoms with van der Waals surface area (Å²) in [5.74, 6) is 0.429. The van der Waals surface area contributed by atoms with Crippen LogP contribution in [0.1, 0.15) is 49.4 Å². The van der Waals surface area contributed by atoms with Crippen molar-refractivity contribution in [1.29, 1.82) is 0 Å². The van der Waals surface area contributed by atoms with E-state index < -0.39 is 18.3 Å². The highest BCUT2D eigenvalue weighted by Gasteiger charge is 2.46. The van der Waals surface area contributed by atoms with Crippen LogP contribution in [0.25, 0.3) is 0 Å². The fraction of sp³-hybridized carbons (Fsp3) is 0.769. The van der Waals surface area contributed by atoms with Crippen molar-refractivity contribution in [3.05, 3.63) is 17.2 Å². The van der Waals surface area contributed by atoms with Gasteiger partial charge < -0.3 is 10.3 Å². The lowest BCUT2D eigenvalue weighted by Gasteiger charge is -2.30. The van der Waals surface area contributed by atoms with Crippen LogP contribution < -0.4 is 5.73 Å². The molecule has 2 rings (SSSR count). The summed E-state index contributed by atoms with van der Waals surface area (Å²) < 4.78 is 41.4. The molecule has 2 atom stereocenters. The van der Waals surface area contributed by atoms with E-state index in [1.807, 2.05) is 0 Å². The van der Waals surface area contributed by atoms with Gasteiger partial charge in [0.15, 0.2) is 0 Å². The number of nitrogens with two attached hydrogens (primary N) is 1. The van der Waals surface area contributed by atoms with Crippen LogP contribution in [-0.4, -0.2) is 21.8 Å². The number of halogens is 3. The second-order valence-corrected chi connectivity index (χ2v) is 5.19. The Morgan fingerprint density at radius 2 is 1.95 bits per heavy atom. The summed E-state index contributed by atoms with van der Waals surface area (Å²) in [6.45, 7) is 3.32. The first-order chi connectivity index (χ1) is 8.86. The van der Waals surface area contributed by atoms with E-state index in [4.69, 9.17) is 5.73 Å². The zero-order valence-corrected chi connectivity index (χ0v) is 11.3. The SMILES string of the molecule is CCC(N)C(n1c(C)nc2c1CCCC2)C(F)(F)F. The van der Waals surface area contributed by atoms with Gasteiger partial charge in [-0.15, -0.1) is 0 Å². The maximum absolute atomic E-state index is 13.3. The van der Waals surface area contributed by atoms with Crippen molar-refractivity contribution in [3.8, 4) is 0 Å². The van der Waals surface area contributed by atoms with E-state index in [1.54, 1.807) is 13.8 Å². The Labute approximate surface area is 111 Å². The summed E-state index contributed by atoms with van der Waals surface area (Å²) in [6, 6.07) is -2.59. The molecule has 1 aliphatic rings. The molecule has 2 N–H and O–H groups in total. The van der Waals surface area contributed by atoms with Gasteiger partial charge in [0.25, 0.3) is 0 Å². The van der Waals surface area contributed by atoms with Gasteiger partial charge in [0.2, 0.25) is 0 Å². The minimum Gasteiger partial charge on any atom is -0.326 e. The van der Waals surface area contributed by atoms with Crippen molar-refractivity contribution in [2.24, 2.45) is 5.73 Å². The highest BCUT2D eigenvalue weighted by atomic mass is 19.4. The summed E-state index contributed by atoms with van der Waals surface area (Å²) in [4.78, 5) is 4.31. The van der Waals surface area contributed by atoms with Gasteiger partial charge >= 0.3 is 6.18 Å². The molecule has 1 aromatic heterocycles. The number of nitrogens with zero attached hydrogens (tertiary/aromatic N) is 2. The predicted octanol–water partition coefficient (Wildman–Crippen LogP) is 2.91. The fourth-order valence-corrected chi connectivity index (χ4v) is 2.87. The molecule has 3 nitrogen and oxygen atoms in total. The standard InChI is InChI=1S/C13H20F3N3/c1-3-9(17)12(13(14,15)16)19-8(2)18-10-6-4-5-7-11(10)19/h9,12H,3-7,17H2,1-2H3. The number of hydrogen-bond acceptors (Lipinski definition) is 2. The van der Waals surface area contributed by atoms with Crippen molar-refractivity contribution >= 4 is 0 Å². The van der Waals surface area contributed by atoms with Gasteiger partial charge in [0.05, 0.1) is 5.69 Å². The molecule has 0 aromatic carbocycles. The Morgan fingerprint density at radius 1 is 1.32 bits per heavy atom. The number of hydrogen-bond donors (Lipinski definition) is 1. The Hall–Kier alpha value is -1.04. The Balaban J connectivity index is 2.50. The van der Waals surface area contributed by atoms with Crippen LogP contribution in [0.2, 0.25) is 0 Å². The van der Waals surface area contributed by atoms with Gasteiger partial charge in [-0.2, -0.15) is 13.2 Å². The van der Waals surface area contributed by atoms with Crippen LogP contribution in [0.4, 0.5) is 13.2 Å². The first-order valence-electron chi connectivity index (χ1n) is 6.75. The number of fused-ring (bicyclic) bond motifs is 1. The van der Waals surface area contributed by atoms with Crippen molar-refractivity contribution in [2.45, 2.75) is 64.2 Å². The Bertz CT molecular complexity index is 451. The quantitative estimate of drug-likeness (QED) is 0.921.